The van der Waals surface area contributed by atoms with Crippen molar-refractivity contribution in [2.45, 2.75) is 90.5 Å². The molecular formula is C20H37N. The van der Waals surface area contributed by atoms with E-state index in [4.69, 9.17) is 0 Å². The van der Waals surface area contributed by atoms with Gasteiger partial charge in [-0.1, -0.05) is 52.4 Å². The van der Waals surface area contributed by atoms with Crippen LogP contribution in [0.25, 0.3) is 0 Å². The first-order valence-electron chi connectivity index (χ1n) is 9.97. The minimum absolute atomic E-state index is 0.891. The highest BCUT2D eigenvalue weighted by molar-refractivity contribution is 4.89. The van der Waals surface area contributed by atoms with Crippen LogP contribution in [-0.2, 0) is 0 Å². The van der Waals surface area contributed by atoms with Crippen LogP contribution in [0.1, 0.15) is 84.5 Å². The van der Waals surface area contributed by atoms with Crippen LogP contribution >= 0.6 is 0 Å². The van der Waals surface area contributed by atoms with Crippen molar-refractivity contribution in [1.82, 2.24) is 5.32 Å². The van der Waals surface area contributed by atoms with Gasteiger partial charge < -0.3 is 5.32 Å². The molecular weight excluding hydrogens is 254 g/mol. The second kappa shape index (κ2) is 7.49. The Morgan fingerprint density at radius 2 is 1.57 bits per heavy atom. The zero-order chi connectivity index (χ0) is 14.7. The molecule has 0 aromatic rings. The molecule has 3 unspecified atom stereocenters. The lowest BCUT2D eigenvalue weighted by Crippen LogP contribution is -2.38. The van der Waals surface area contributed by atoms with E-state index in [1.54, 1.807) is 6.42 Å². The Labute approximate surface area is 132 Å². The van der Waals surface area contributed by atoms with E-state index >= 15 is 0 Å². The van der Waals surface area contributed by atoms with Gasteiger partial charge >= 0.3 is 0 Å². The maximum Gasteiger partial charge on any atom is 0.00683 e. The summed E-state index contributed by atoms with van der Waals surface area (Å²) in [5.41, 5.74) is 0. The highest BCUT2D eigenvalue weighted by Gasteiger charge is 2.37. The van der Waals surface area contributed by atoms with Gasteiger partial charge in [-0.2, -0.15) is 0 Å². The van der Waals surface area contributed by atoms with Gasteiger partial charge in [0.1, 0.15) is 0 Å². The molecule has 0 bridgehead atoms. The quantitative estimate of drug-likeness (QED) is 0.669. The van der Waals surface area contributed by atoms with Crippen molar-refractivity contribution in [1.29, 1.82) is 0 Å². The number of hydrogen-bond donors (Lipinski definition) is 1. The average Bonchev–Trinajstić information content (AvgIpc) is 3.31. The Balaban J connectivity index is 1.61. The summed E-state index contributed by atoms with van der Waals surface area (Å²) < 4.78 is 0. The fourth-order valence-corrected chi connectivity index (χ4v) is 5.08. The van der Waals surface area contributed by atoms with Gasteiger partial charge in [0.25, 0.3) is 0 Å². The average molecular weight is 292 g/mol. The first-order chi connectivity index (χ1) is 10.2. The monoisotopic (exact) mass is 291 g/mol. The molecule has 0 aromatic carbocycles. The molecule has 0 heterocycles. The summed E-state index contributed by atoms with van der Waals surface area (Å²) in [7, 11) is 0. The van der Waals surface area contributed by atoms with Crippen molar-refractivity contribution in [3.63, 3.8) is 0 Å². The Morgan fingerprint density at radius 3 is 2.19 bits per heavy atom. The summed E-state index contributed by atoms with van der Waals surface area (Å²) in [4.78, 5) is 0. The molecule has 0 aliphatic heterocycles. The van der Waals surface area contributed by atoms with E-state index in [1.165, 1.54) is 70.8 Å². The summed E-state index contributed by atoms with van der Waals surface area (Å²) in [6.07, 6.45) is 16.5. The number of rotatable bonds is 5. The molecule has 3 saturated carbocycles. The third-order valence-corrected chi connectivity index (χ3v) is 6.78. The molecule has 3 aliphatic carbocycles. The molecule has 0 aromatic heterocycles. The minimum Gasteiger partial charge on any atom is -0.314 e. The zero-order valence-electron chi connectivity index (χ0n) is 14.4. The molecule has 1 N–H and O–H groups in total. The predicted molar refractivity (Wildman–Crippen MR) is 91.4 cm³/mol. The molecule has 0 amide bonds. The Hall–Kier alpha value is -0.0400. The topological polar surface area (TPSA) is 12.0 Å². The van der Waals surface area contributed by atoms with Gasteiger partial charge in [0.2, 0.25) is 0 Å². The summed E-state index contributed by atoms with van der Waals surface area (Å²) in [6.45, 7) is 6.24. The molecule has 3 fully saturated rings. The van der Waals surface area contributed by atoms with Crippen LogP contribution in [0.15, 0.2) is 0 Å². The largest absolute Gasteiger partial charge is 0.314 e. The van der Waals surface area contributed by atoms with Crippen molar-refractivity contribution >= 4 is 0 Å². The Kier molecular flexibility index (Phi) is 5.65. The Bertz CT molecular complexity index is 299. The highest BCUT2D eigenvalue weighted by atomic mass is 14.9. The van der Waals surface area contributed by atoms with Crippen LogP contribution in [0.2, 0.25) is 0 Å². The molecule has 3 rings (SSSR count). The highest BCUT2D eigenvalue weighted by Crippen LogP contribution is 2.44. The van der Waals surface area contributed by atoms with E-state index in [-0.39, 0.29) is 0 Å². The fraction of sp³-hybridized carbons (Fsp3) is 1.00. The van der Waals surface area contributed by atoms with Gasteiger partial charge in [0.05, 0.1) is 0 Å². The van der Waals surface area contributed by atoms with Crippen LogP contribution in [0.3, 0.4) is 0 Å². The first kappa shape index (κ1) is 15.8. The van der Waals surface area contributed by atoms with Crippen molar-refractivity contribution in [3.8, 4) is 0 Å². The molecule has 122 valence electrons. The van der Waals surface area contributed by atoms with Crippen LogP contribution in [0, 0.1) is 29.6 Å². The second-order valence-electron chi connectivity index (χ2n) is 8.68. The van der Waals surface area contributed by atoms with Crippen molar-refractivity contribution in [2.24, 2.45) is 29.6 Å². The lowest BCUT2D eigenvalue weighted by atomic mass is 9.64. The van der Waals surface area contributed by atoms with Gasteiger partial charge in [0, 0.05) is 6.04 Å². The molecule has 0 spiro atoms. The predicted octanol–water partition coefficient (Wildman–Crippen LogP) is 5.40. The summed E-state index contributed by atoms with van der Waals surface area (Å²) in [5, 5.41) is 3.86. The third kappa shape index (κ3) is 4.47. The van der Waals surface area contributed by atoms with Crippen LogP contribution in [-0.4, -0.2) is 12.6 Å². The van der Waals surface area contributed by atoms with Crippen molar-refractivity contribution in [3.05, 3.63) is 0 Å². The fourth-order valence-electron chi connectivity index (χ4n) is 5.08. The molecule has 0 saturated heterocycles. The summed E-state index contributed by atoms with van der Waals surface area (Å²) in [5.74, 6) is 4.99. The van der Waals surface area contributed by atoms with Crippen LogP contribution in [0.4, 0.5) is 0 Å². The molecule has 3 aliphatic rings. The minimum atomic E-state index is 0.891. The molecule has 1 heteroatoms. The standard InChI is InChI=1S/C20H37N/c1-15(2)17-9-10-18(14-21-19-11-12-19)20(13-17)16-7-5-3-4-6-8-16/h15-21H,3-14H2,1-2H3. The SMILES string of the molecule is CC(C)C1CCC(CNC2CC2)C(C2CCCCCC2)C1. The van der Waals surface area contributed by atoms with E-state index in [0.29, 0.717) is 0 Å². The van der Waals surface area contributed by atoms with Crippen LogP contribution in [0.5, 0.6) is 0 Å². The van der Waals surface area contributed by atoms with E-state index in [2.05, 4.69) is 19.2 Å². The van der Waals surface area contributed by atoms with Crippen molar-refractivity contribution < 1.29 is 0 Å². The van der Waals surface area contributed by atoms with E-state index < -0.39 is 0 Å². The van der Waals surface area contributed by atoms with Gasteiger partial charge in [0.15, 0.2) is 0 Å². The molecule has 21 heavy (non-hydrogen) atoms. The zero-order valence-corrected chi connectivity index (χ0v) is 14.4. The van der Waals surface area contributed by atoms with Gasteiger partial charge in [-0.05, 0) is 68.2 Å². The summed E-state index contributed by atoms with van der Waals surface area (Å²) in [6, 6.07) is 0.891. The lowest BCUT2D eigenvalue weighted by molar-refractivity contribution is 0.0892. The maximum absolute atomic E-state index is 3.86. The second-order valence-corrected chi connectivity index (χ2v) is 8.68. The third-order valence-electron chi connectivity index (χ3n) is 6.78. The van der Waals surface area contributed by atoms with E-state index in [9.17, 15) is 0 Å². The van der Waals surface area contributed by atoms with Gasteiger partial charge in [-0.15, -0.1) is 0 Å². The van der Waals surface area contributed by atoms with Gasteiger partial charge in [-0.25, -0.2) is 0 Å². The van der Waals surface area contributed by atoms with Crippen LogP contribution < -0.4 is 5.32 Å². The molecule has 3 atom stereocenters. The molecule has 0 radical (unpaired) electrons. The first-order valence-corrected chi connectivity index (χ1v) is 9.97. The normalized spacial score (nSPS) is 35.9. The smallest absolute Gasteiger partial charge is 0.00683 e. The Morgan fingerprint density at radius 1 is 0.857 bits per heavy atom. The van der Waals surface area contributed by atoms with E-state index in [1.807, 2.05) is 0 Å². The lowest BCUT2D eigenvalue weighted by Gasteiger charge is -2.42. The summed E-state index contributed by atoms with van der Waals surface area (Å²) >= 11 is 0. The van der Waals surface area contributed by atoms with E-state index in [0.717, 1.165) is 35.6 Å². The molecule has 1 nitrogen and oxygen atoms in total. The number of hydrogen-bond acceptors (Lipinski definition) is 1. The van der Waals surface area contributed by atoms with Crippen molar-refractivity contribution in [2.75, 3.05) is 6.54 Å². The maximum atomic E-state index is 3.86. The number of nitrogens with one attached hydrogen (secondary N) is 1. The van der Waals surface area contributed by atoms with Gasteiger partial charge in [-0.3, -0.25) is 0 Å².